The van der Waals surface area contributed by atoms with Gasteiger partial charge in [0.25, 0.3) is 10.0 Å². The van der Waals surface area contributed by atoms with E-state index in [1.54, 1.807) is 49.4 Å². The zero-order valence-corrected chi connectivity index (χ0v) is 24.9. The van der Waals surface area contributed by atoms with Gasteiger partial charge in [-0.1, -0.05) is 48.0 Å². The van der Waals surface area contributed by atoms with Crippen LogP contribution < -0.4 is 14.4 Å². The fourth-order valence-corrected chi connectivity index (χ4v) is 5.60. The Kier molecular flexibility index (Phi) is 9.98. The Morgan fingerprint density at radius 3 is 2.17 bits per heavy atom. The van der Waals surface area contributed by atoms with Crippen molar-refractivity contribution < 1.29 is 22.7 Å². The van der Waals surface area contributed by atoms with Crippen molar-refractivity contribution in [3.05, 3.63) is 90.0 Å². The van der Waals surface area contributed by atoms with Gasteiger partial charge in [-0.3, -0.25) is 13.9 Å². The van der Waals surface area contributed by atoms with Crippen molar-refractivity contribution in [2.24, 2.45) is 0 Å². The van der Waals surface area contributed by atoms with Gasteiger partial charge < -0.3 is 15.0 Å². The highest BCUT2D eigenvalue weighted by atomic mass is 32.2. The van der Waals surface area contributed by atoms with Crippen LogP contribution in [0.1, 0.15) is 45.7 Å². The van der Waals surface area contributed by atoms with Crippen LogP contribution in [0.25, 0.3) is 0 Å². The Morgan fingerprint density at radius 1 is 0.950 bits per heavy atom. The largest absolute Gasteiger partial charge is 0.494 e. The number of nitrogens with zero attached hydrogens (tertiary/aromatic N) is 2. The van der Waals surface area contributed by atoms with Crippen LogP contribution in [0.15, 0.2) is 83.8 Å². The summed E-state index contributed by atoms with van der Waals surface area (Å²) in [5, 5.41) is 2.93. The number of amides is 2. The molecule has 0 saturated heterocycles. The molecular formula is C31H39N3O5S. The molecule has 0 aliphatic rings. The van der Waals surface area contributed by atoms with Crippen LogP contribution in [-0.4, -0.2) is 49.9 Å². The maximum Gasteiger partial charge on any atom is 0.264 e. The van der Waals surface area contributed by atoms with Gasteiger partial charge >= 0.3 is 0 Å². The molecule has 40 heavy (non-hydrogen) atoms. The molecule has 0 fully saturated rings. The first-order valence-corrected chi connectivity index (χ1v) is 14.7. The Morgan fingerprint density at radius 2 is 1.60 bits per heavy atom. The van der Waals surface area contributed by atoms with Gasteiger partial charge in [0.05, 0.1) is 17.2 Å². The monoisotopic (exact) mass is 565 g/mol. The predicted molar refractivity (Wildman–Crippen MR) is 158 cm³/mol. The number of para-hydroxylation sites is 1. The molecule has 3 aromatic carbocycles. The second kappa shape index (κ2) is 13.0. The number of ether oxygens (including phenoxy) is 1. The highest BCUT2D eigenvalue weighted by Gasteiger charge is 2.33. The highest BCUT2D eigenvalue weighted by Crippen LogP contribution is 2.26. The molecule has 3 rings (SSSR count). The predicted octanol–water partition coefficient (Wildman–Crippen LogP) is 4.92. The minimum atomic E-state index is -4.14. The van der Waals surface area contributed by atoms with Crippen LogP contribution in [0.4, 0.5) is 5.69 Å². The van der Waals surface area contributed by atoms with Gasteiger partial charge in [0.2, 0.25) is 11.8 Å². The van der Waals surface area contributed by atoms with Crippen LogP contribution in [0, 0.1) is 6.92 Å². The summed E-state index contributed by atoms with van der Waals surface area (Å²) in [4.78, 5) is 28.6. The van der Waals surface area contributed by atoms with Gasteiger partial charge in [-0.25, -0.2) is 8.42 Å². The normalized spacial score (nSPS) is 12.3. The van der Waals surface area contributed by atoms with Gasteiger partial charge in [-0.2, -0.15) is 0 Å². The molecule has 0 heterocycles. The average Bonchev–Trinajstić information content (AvgIpc) is 2.90. The lowest BCUT2D eigenvalue weighted by atomic mass is 10.1. The van der Waals surface area contributed by atoms with Crippen LogP contribution in [0.3, 0.4) is 0 Å². The van der Waals surface area contributed by atoms with Crippen LogP contribution >= 0.6 is 0 Å². The van der Waals surface area contributed by atoms with Crippen molar-refractivity contribution in [2.45, 2.75) is 64.6 Å². The summed E-state index contributed by atoms with van der Waals surface area (Å²) in [6.07, 6.45) is 0. The molecule has 214 valence electrons. The van der Waals surface area contributed by atoms with E-state index in [4.69, 9.17) is 4.74 Å². The van der Waals surface area contributed by atoms with E-state index in [2.05, 4.69) is 5.32 Å². The third kappa shape index (κ3) is 8.08. The summed E-state index contributed by atoms with van der Waals surface area (Å²) < 4.78 is 34.3. The number of benzene rings is 3. The maximum absolute atomic E-state index is 14.0. The second-order valence-electron chi connectivity index (χ2n) is 10.7. The first kappa shape index (κ1) is 30.7. The molecule has 1 atom stereocenters. The first-order valence-electron chi connectivity index (χ1n) is 13.3. The fourth-order valence-electron chi connectivity index (χ4n) is 4.19. The van der Waals surface area contributed by atoms with Gasteiger partial charge in [0.15, 0.2) is 0 Å². The second-order valence-corrected chi connectivity index (χ2v) is 12.5. The van der Waals surface area contributed by atoms with Gasteiger partial charge in [-0.05, 0) is 83.5 Å². The summed E-state index contributed by atoms with van der Waals surface area (Å²) in [5.74, 6) is -0.280. The Labute approximate surface area is 238 Å². The van der Waals surface area contributed by atoms with E-state index in [1.807, 2.05) is 58.9 Å². The van der Waals surface area contributed by atoms with Crippen molar-refractivity contribution in [3.8, 4) is 5.75 Å². The van der Waals surface area contributed by atoms with Crippen molar-refractivity contribution in [2.75, 3.05) is 17.5 Å². The van der Waals surface area contributed by atoms with E-state index >= 15 is 0 Å². The van der Waals surface area contributed by atoms with E-state index in [-0.39, 0.29) is 17.3 Å². The van der Waals surface area contributed by atoms with Gasteiger partial charge in [0.1, 0.15) is 18.3 Å². The molecule has 2 amide bonds. The van der Waals surface area contributed by atoms with Gasteiger partial charge in [0, 0.05) is 12.1 Å². The summed E-state index contributed by atoms with van der Waals surface area (Å²) in [6, 6.07) is 21.4. The summed E-state index contributed by atoms with van der Waals surface area (Å²) in [6.45, 7) is 11.2. The molecule has 0 aliphatic heterocycles. The number of nitrogens with one attached hydrogen (secondary N) is 1. The van der Waals surface area contributed by atoms with Crippen molar-refractivity contribution >= 4 is 27.5 Å². The molecule has 0 spiro atoms. The molecule has 9 heteroatoms. The molecule has 0 bridgehead atoms. The number of sulfonamides is 1. The lowest BCUT2D eigenvalue weighted by Crippen LogP contribution is -2.54. The number of rotatable bonds is 11. The Hall–Kier alpha value is -3.85. The quantitative estimate of drug-likeness (QED) is 0.356. The molecule has 0 saturated carbocycles. The highest BCUT2D eigenvalue weighted by molar-refractivity contribution is 7.92. The molecule has 8 nitrogen and oxygen atoms in total. The van der Waals surface area contributed by atoms with E-state index < -0.39 is 34.1 Å². The summed E-state index contributed by atoms with van der Waals surface area (Å²) in [5.41, 5.74) is 1.69. The summed E-state index contributed by atoms with van der Waals surface area (Å²) >= 11 is 0. The SMILES string of the molecule is CCOc1ccc(S(=O)(=O)N(CC(=O)N(Cc2cccc(C)c2)C(C)C(=O)NC(C)(C)C)c2ccccc2)cc1. The lowest BCUT2D eigenvalue weighted by Gasteiger charge is -2.33. The van der Waals surface area contributed by atoms with Crippen molar-refractivity contribution in [1.29, 1.82) is 0 Å². The summed E-state index contributed by atoms with van der Waals surface area (Å²) in [7, 11) is -4.14. The Bertz CT molecular complexity index is 1400. The smallest absolute Gasteiger partial charge is 0.264 e. The third-order valence-electron chi connectivity index (χ3n) is 6.15. The molecule has 3 aromatic rings. The number of hydrogen-bond acceptors (Lipinski definition) is 5. The van der Waals surface area contributed by atoms with E-state index in [0.29, 0.717) is 18.0 Å². The minimum Gasteiger partial charge on any atom is -0.494 e. The minimum absolute atomic E-state index is 0.0244. The van der Waals surface area contributed by atoms with E-state index in [0.717, 1.165) is 15.4 Å². The molecule has 0 aromatic heterocycles. The third-order valence-corrected chi connectivity index (χ3v) is 7.93. The fraction of sp³-hybridized carbons (Fsp3) is 0.355. The van der Waals surface area contributed by atoms with E-state index in [9.17, 15) is 18.0 Å². The number of anilines is 1. The zero-order valence-electron chi connectivity index (χ0n) is 24.0. The van der Waals surface area contributed by atoms with E-state index in [1.165, 1.54) is 17.0 Å². The number of carbonyl (C=O) groups excluding carboxylic acids is 2. The molecule has 1 unspecified atom stereocenters. The Balaban J connectivity index is 2.00. The average molecular weight is 566 g/mol. The lowest BCUT2D eigenvalue weighted by molar-refractivity contribution is -0.140. The van der Waals surface area contributed by atoms with Crippen LogP contribution in [0.2, 0.25) is 0 Å². The molecule has 0 radical (unpaired) electrons. The molecule has 0 aliphatic carbocycles. The van der Waals surface area contributed by atoms with Crippen molar-refractivity contribution in [1.82, 2.24) is 10.2 Å². The van der Waals surface area contributed by atoms with Crippen LogP contribution in [-0.2, 0) is 26.2 Å². The number of hydrogen-bond donors (Lipinski definition) is 1. The van der Waals surface area contributed by atoms with Crippen molar-refractivity contribution in [3.63, 3.8) is 0 Å². The molecule has 1 N–H and O–H groups in total. The zero-order chi connectivity index (χ0) is 29.5. The number of aryl methyl sites for hydroxylation is 1. The number of carbonyl (C=O) groups is 2. The first-order chi connectivity index (χ1) is 18.8. The standard InChI is InChI=1S/C31H39N3O5S/c1-7-39-27-16-18-28(19-17-27)40(37,38)34(26-14-9-8-10-15-26)22-29(35)33(21-25-13-11-12-23(2)20-25)24(3)30(36)32-31(4,5)6/h8-20,24H,7,21-22H2,1-6H3,(H,32,36). The topological polar surface area (TPSA) is 96.0 Å². The maximum atomic E-state index is 14.0. The molecular weight excluding hydrogens is 526 g/mol. The van der Waals surface area contributed by atoms with Gasteiger partial charge in [-0.15, -0.1) is 0 Å². The van der Waals surface area contributed by atoms with Crippen LogP contribution in [0.5, 0.6) is 5.75 Å².